The molecule has 4 heterocycles. The lowest BCUT2D eigenvalue weighted by Crippen LogP contribution is -2.44. The molecule has 4 rings (SSSR count). The molecule has 1 aliphatic rings. The first-order valence-corrected chi connectivity index (χ1v) is 10.5. The highest BCUT2D eigenvalue weighted by molar-refractivity contribution is 7.12. The Hall–Kier alpha value is -3.00. The Morgan fingerprint density at radius 2 is 2.14 bits per heavy atom. The topological polar surface area (TPSA) is 80.1 Å². The van der Waals surface area contributed by atoms with Crippen LogP contribution in [0.2, 0.25) is 0 Å². The maximum Gasteiger partial charge on any atom is 0.264 e. The predicted molar refractivity (Wildman–Crippen MR) is 111 cm³/mol. The molecule has 8 heteroatoms. The number of carbonyl (C=O) groups excluding carboxylic acids is 2. The average molecular weight is 410 g/mol. The Morgan fingerprint density at radius 3 is 2.90 bits per heavy atom. The number of nitrogens with zero attached hydrogens (tertiary/aromatic N) is 4. The molecule has 3 aromatic heterocycles. The lowest BCUT2D eigenvalue weighted by Gasteiger charge is -2.33. The summed E-state index contributed by atoms with van der Waals surface area (Å²) in [4.78, 5) is 36.9. The van der Waals surface area contributed by atoms with Gasteiger partial charge in [-0.15, -0.1) is 11.3 Å². The summed E-state index contributed by atoms with van der Waals surface area (Å²) in [5, 5.41) is 4.91. The molecule has 0 fully saturated rings. The fraction of sp³-hybridized carbons (Fsp3) is 0.333. The summed E-state index contributed by atoms with van der Waals surface area (Å²) in [5.41, 5.74) is 1.70. The number of carbonyl (C=O) groups is 2. The first-order chi connectivity index (χ1) is 14.1. The van der Waals surface area contributed by atoms with E-state index in [4.69, 9.17) is 0 Å². The molecular weight excluding hydrogens is 386 g/mol. The zero-order chi connectivity index (χ0) is 20.2. The highest BCUT2D eigenvalue weighted by Crippen LogP contribution is 2.28. The molecule has 1 atom stereocenters. The molecule has 0 radical (unpaired) electrons. The van der Waals surface area contributed by atoms with E-state index >= 15 is 0 Å². The normalized spacial score (nSPS) is 15.8. The van der Waals surface area contributed by atoms with Crippen LogP contribution < -0.4 is 5.32 Å². The number of thiophene rings is 1. The monoisotopic (exact) mass is 409 g/mol. The fourth-order valence-electron chi connectivity index (χ4n) is 3.62. The van der Waals surface area contributed by atoms with E-state index in [1.807, 2.05) is 42.8 Å². The lowest BCUT2D eigenvalue weighted by molar-refractivity contribution is -0.123. The Kier molecular flexibility index (Phi) is 5.71. The standard InChI is InChI=1S/C21H23N5O2S/c1-15-22-9-11-25(15)10-4-8-24-20(27)17-14-26(21(28)18-6-3-12-29-18)13-16-5-2-7-23-19(16)17/h2-3,5-7,9,11-12,17H,4,8,10,13-14H2,1H3,(H,24,27). The van der Waals surface area contributed by atoms with Gasteiger partial charge in [0, 0.05) is 44.8 Å². The first-order valence-electron chi connectivity index (χ1n) is 9.65. The van der Waals surface area contributed by atoms with E-state index in [9.17, 15) is 9.59 Å². The highest BCUT2D eigenvalue weighted by Gasteiger charge is 2.34. The van der Waals surface area contributed by atoms with Gasteiger partial charge in [-0.2, -0.15) is 0 Å². The molecule has 0 aromatic carbocycles. The summed E-state index contributed by atoms with van der Waals surface area (Å²) >= 11 is 1.42. The zero-order valence-electron chi connectivity index (χ0n) is 16.2. The molecule has 1 aliphatic heterocycles. The third-order valence-corrected chi connectivity index (χ3v) is 6.01. The van der Waals surface area contributed by atoms with Crippen molar-refractivity contribution < 1.29 is 9.59 Å². The minimum atomic E-state index is -0.459. The van der Waals surface area contributed by atoms with E-state index in [1.165, 1.54) is 11.3 Å². The van der Waals surface area contributed by atoms with Gasteiger partial charge in [0.15, 0.2) is 0 Å². The number of nitrogens with one attached hydrogen (secondary N) is 1. The number of fused-ring (bicyclic) bond motifs is 1. The van der Waals surface area contributed by atoms with Gasteiger partial charge in [-0.3, -0.25) is 14.6 Å². The van der Waals surface area contributed by atoms with Crippen molar-refractivity contribution in [1.82, 2.24) is 24.8 Å². The number of pyridine rings is 1. The summed E-state index contributed by atoms with van der Waals surface area (Å²) in [6.07, 6.45) is 6.23. The van der Waals surface area contributed by atoms with Gasteiger partial charge in [-0.25, -0.2) is 4.98 Å². The van der Waals surface area contributed by atoms with E-state index in [0.717, 1.165) is 30.0 Å². The SMILES string of the molecule is Cc1nccn1CCCNC(=O)C1CN(C(=O)c2cccs2)Cc2cccnc21. The molecule has 0 spiro atoms. The molecule has 3 aromatic rings. The quantitative estimate of drug-likeness (QED) is 0.635. The van der Waals surface area contributed by atoms with Crippen LogP contribution in [-0.2, 0) is 17.9 Å². The molecule has 0 saturated heterocycles. The van der Waals surface area contributed by atoms with Crippen molar-refractivity contribution in [3.63, 3.8) is 0 Å². The number of rotatable bonds is 6. The second kappa shape index (κ2) is 8.57. The van der Waals surface area contributed by atoms with Crippen LogP contribution >= 0.6 is 11.3 Å². The van der Waals surface area contributed by atoms with Crippen LogP contribution in [-0.4, -0.2) is 44.3 Å². The van der Waals surface area contributed by atoms with Gasteiger partial charge in [0.2, 0.25) is 5.91 Å². The van der Waals surface area contributed by atoms with Crippen molar-refractivity contribution in [2.45, 2.75) is 32.4 Å². The molecule has 0 aliphatic carbocycles. The van der Waals surface area contributed by atoms with E-state index in [1.54, 1.807) is 17.3 Å². The number of hydrogen-bond acceptors (Lipinski definition) is 5. The number of hydrogen-bond donors (Lipinski definition) is 1. The molecule has 2 amide bonds. The summed E-state index contributed by atoms with van der Waals surface area (Å²) < 4.78 is 2.06. The number of aryl methyl sites for hydroxylation is 2. The predicted octanol–water partition coefficient (Wildman–Crippen LogP) is 2.59. The minimum Gasteiger partial charge on any atom is -0.355 e. The summed E-state index contributed by atoms with van der Waals surface area (Å²) in [7, 11) is 0. The van der Waals surface area contributed by atoms with Crippen LogP contribution in [0.4, 0.5) is 0 Å². The van der Waals surface area contributed by atoms with Gasteiger partial charge in [-0.1, -0.05) is 12.1 Å². The molecule has 0 saturated carbocycles. The second-order valence-corrected chi connectivity index (χ2v) is 8.02. The van der Waals surface area contributed by atoms with Crippen molar-refractivity contribution in [3.8, 4) is 0 Å². The van der Waals surface area contributed by atoms with Crippen LogP contribution in [0, 0.1) is 6.92 Å². The van der Waals surface area contributed by atoms with Gasteiger partial charge >= 0.3 is 0 Å². The van der Waals surface area contributed by atoms with Crippen LogP contribution in [0.25, 0.3) is 0 Å². The van der Waals surface area contributed by atoms with Crippen molar-refractivity contribution in [1.29, 1.82) is 0 Å². The fourth-order valence-corrected chi connectivity index (χ4v) is 4.31. The largest absolute Gasteiger partial charge is 0.355 e. The molecule has 1 N–H and O–H groups in total. The Bertz CT molecular complexity index is 998. The molecule has 1 unspecified atom stereocenters. The third-order valence-electron chi connectivity index (χ3n) is 5.15. The van der Waals surface area contributed by atoms with E-state index in [2.05, 4.69) is 19.9 Å². The first kappa shape index (κ1) is 19.3. The Labute approximate surface area is 173 Å². The van der Waals surface area contributed by atoms with E-state index in [0.29, 0.717) is 24.5 Å². The van der Waals surface area contributed by atoms with Gasteiger partial charge in [0.25, 0.3) is 5.91 Å². The molecule has 150 valence electrons. The summed E-state index contributed by atoms with van der Waals surface area (Å²) in [6.45, 7) is 4.14. The average Bonchev–Trinajstić information content (AvgIpc) is 3.42. The third kappa shape index (κ3) is 4.22. The maximum atomic E-state index is 12.9. The van der Waals surface area contributed by atoms with Crippen LogP contribution in [0.3, 0.4) is 0 Å². The molecule has 7 nitrogen and oxygen atoms in total. The van der Waals surface area contributed by atoms with Gasteiger partial charge in [-0.05, 0) is 36.4 Å². The smallest absolute Gasteiger partial charge is 0.264 e. The van der Waals surface area contributed by atoms with Crippen LogP contribution in [0.5, 0.6) is 0 Å². The lowest BCUT2D eigenvalue weighted by atomic mass is 9.93. The maximum absolute atomic E-state index is 12.9. The summed E-state index contributed by atoms with van der Waals surface area (Å²) in [6, 6.07) is 7.47. The Morgan fingerprint density at radius 1 is 1.24 bits per heavy atom. The molecule has 0 bridgehead atoms. The molecular formula is C21H23N5O2S. The van der Waals surface area contributed by atoms with Crippen LogP contribution in [0.15, 0.2) is 48.2 Å². The number of imidazole rings is 1. The number of aromatic nitrogens is 3. The van der Waals surface area contributed by atoms with Crippen molar-refractivity contribution in [3.05, 3.63) is 70.2 Å². The van der Waals surface area contributed by atoms with Gasteiger partial charge < -0.3 is 14.8 Å². The van der Waals surface area contributed by atoms with Crippen molar-refractivity contribution >= 4 is 23.2 Å². The molecule has 29 heavy (non-hydrogen) atoms. The highest BCUT2D eigenvalue weighted by atomic mass is 32.1. The van der Waals surface area contributed by atoms with Gasteiger partial charge in [0.1, 0.15) is 5.82 Å². The van der Waals surface area contributed by atoms with Gasteiger partial charge in [0.05, 0.1) is 16.5 Å². The minimum absolute atomic E-state index is 0.0390. The van der Waals surface area contributed by atoms with E-state index < -0.39 is 5.92 Å². The summed E-state index contributed by atoms with van der Waals surface area (Å²) in [5.74, 6) is 0.377. The van der Waals surface area contributed by atoms with E-state index in [-0.39, 0.29) is 11.8 Å². The second-order valence-electron chi connectivity index (χ2n) is 7.08. The van der Waals surface area contributed by atoms with Crippen molar-refractivity contribution in [2.75, 3.05) is 13.1 Å². The van der Waals surface area contributed by atoms with Crippen molar-refractivity contribution in [2.24, 2.45) is 0 Å². The Balaban J connectivity index is 1.42. The number of amides is 2. The zero-order valence-corrected chi connectivity index (χ0v) is 17.1. The van der Waals surface area contributed by atoms with Crippen LogP contribution in [0.1, 0.15) is 39.1 Å².